The van der Waals surface area contributed by atoms with Gasteiger partial charge in [-0.15, -0.1) is 0 Å². The molecule has 7 heteroatoms. The number of urea groups is 1. The van der Waals surface area contributed by atoms with E-state index in [2.05, 4.69) is 15.6 Å². The standard InChI is InChI=1S/C19H24N4O3/c1-14-7-8-16(21-18(24)13-26-3)12-17(14)22-19(25)23(2)11-9-15-6-4-5-10-20-15/h4-8,10,12H,9,11,13H2,1-3H3,(H,21,24)(H,22,25). The minimum absolute atomic E-state index is 0.0220. The van der Waals surface area contributed by atoms with E-state index in [-0.39, 0.29) is 18.5 Å². The van der Waals surface area contributed by atoms with Crippen LogP contribution >= 0.6 is 0 Å². The number of nitrogens with zero attached hydrogens (tertiary/aromatic N) is 2. The van der Waals surface area contributed by atoms with Crippen LogP contribution < -0.4 is 10.6 Å². The Hall–Kier alpha value is -2.93. The minimum atomic E-state index is -0.249. The molecule has 0 aliphatic rings. The number of hydrogen-bond donors (Lipinski definition) is 2. The second kappa shape index (κ2) is 9.53. The summed E-state index contributed by atoms with van der Waals surface area (Å²) in [6.45, 7) is 2.42. The van der Waals surface area contributed by atoms with Crippen LogP contribution in [0.15, 0.2) is 42.6 Å². The molecule has 3 amide bonds. The van der Waals surface area contributed by atoms with Gasteiger partial charge < -0.3 is 20.3 Å². The fourth-order valence-electron chi connectivity index (χ4n) is 2.30. The van der Waals surface area contributed by atoms with E-state index >= 15 is 0 Å². The molecule has 0 unspecified atom stereocenters. The molecular weight excluding hydrogens is 332 g/mol. The highest BCUT2D eigenvalue weighted by Gasteiger charge is 2.11. The van der Waals surface area contributed by atoms with Gasteiger partial charge in [-0.25, -0.2) is 4.79 Å². The fraction of sp³-hybridized carbons (Fsp3) is 0.316. The largest absolute Gasteiger partial charge is 0.375 e. The lowest BCUT2D eigenvalue weighted by molar-refractivity contribution is -0.119. The third-order valence-electron chi connectivity index (χ3n) is 3.81. The number of amides is 3. The zero-order chi connectivity index (χ0) is 18.9. The molecule has 7 nitrogen and oxygen atoms in total. The highest BCUT2D eigenvalue weighted by atomic mass is 16.5. The summed E-state index contributed by atoms with van der Waals surface area (Å²) in [6.07, 6.45) is 2.42. The van der Waals surface area contributed by atoms with E-state index in [9.17, 15) is 9.59 Å². The summed E-state index contributed by atoms with van der Waals surface area (Å²) in [5, 5.41) is 5.60. The van der Waals surface area contributed by atoms with Gasteiger partial charge in [0.2, 0.25) is 5.91 Å². The van der Waals surface area contributed by atoms with Gasteiger partial charge in [0.25, 0.3) is 0 Å². The van der Waals surface area contributed by atoms with Crippen molar-refractivity contribution in [2.24, 2.45) is 0 Å². The summed E-state index contributed by atoms with van der Waals surface area (Å²) in [5.74, 6) is -0.249. The van der Waals surface area contributed by atoms with Crippen molar-refractivity contribution in [1.82, 2.24) is 9.88 Å². The highest BCUT2D eigenvalue weighted by Crippen LogP contribution is 2.20. The van der Waals surface area contributed by atoms with E-state index in [0.717, 1.165) is 11.3 Å². The van der Waals surface area contributed by atoms with Crippen LogP contribution in [0.3, 0.4) is 0 Å². The van der Waals surface area contributed by atoms with E-state index in [1.54, 1.807) is 30.3 Å². The molecule has 0 spiro atoms. The first kappa shape index (κ1) is 19.4. The van der Waals surface area contributed by atoms with Crippen LogP contribution in [0, 0.1) is 6.92 Å². The van der Waals surface area contributed by atoms with Crippen molar-refractivity contribution in [3.8, 4) is 0 Å². The molecule has 0 fully saturated rings. The summed E-state index contributed by atoms with van der Waals surface area (Å²) in [7, 11) is 3.19. The lowest BCUT2D eigenvalue weighted by atomic mass is 10.2. The lowest BCUT2D eigenvalue weighted by Gasteiger charge is -2.19. The zero-order valence-electron chi connectivity index (χ0n) is 15.3. The van der Waals surface area contributed by atoms with Crippen molar-refractivity contribution < 1.29 is 14.3 Å². The fourth-order valence-corrected chi connectivity index (χ4v) is 2.30. The number of carbonyl (C=O) groups is 2. The molecule has 0 bridgehead atoms. The lowest BCUT2D eigenvalue weighted by Crippen LogP contribution is -2.33. The quantitative estimate of drug-likeness (QED) is 0.799. The number of aromatic nitrogens is 1. The first-order valence-corrected chi connectivity index (χ1v) is 8.31. The molecule has 1 aromatic heterocycles. The molecule has 2 rings (SSSR count). The Balaban J connectivity index is 1.95. The molecule has 1 aromatic carbocycles. The highest BCUT2D eigenvalue weighted by molar-refractivity contribution is 5.94. The summed E-state index contributed by atoms with van der Waals surface area (Å²) < 4.78 is 4.80. The van der Waals surface area contributed by atoms with Gasteiger partial charge in [0, 0.05) is 50.4 Å². The number of nitrogens with one attached hydrogen (secondary N) is 2. The molecule has 2 N–H and O–H groups in total. The number of ether oxygens (including phenoxy) is 1. The maximum atomic E-state index is 12.4. The molecule has 0 saturated carbocycles. The average Bonchev–Trinajstić information content (AvgIpc) is 2.63. The SMILES string of the molecule is COCC(=O)Nc1ccc(C)c(NC(=O)N(C)CCc2ccccn2)c1. The molecular formula is C19H24N4O3. The molecule has 26 heavy (non-hydrogen) atoms. The molecule has 0 saturated heterocycles. The van der Waals surface area contributed by atoms with Crippen molar-refractivity contribution in [2.75, 3.05) is 37.9 Å². The van der Waals surface area contributed by atoms with Crippen molar-refractivity contribution in [2.45, 2.75) is 13.3 Å². The number of pyridine rings is 1. The monoisotopic (exact) mass is 356 g/mol. The van der Waals surface area contributed by atoms with Crippen molar-refractivity contribution in [1.29, 1.82) is 0 Å². The molecule has 0 aliphatic carbocycles. The minimum Gasteiger partial charge on any atom is -0.375 e. The Morgan fingerprint density at radius 1 is 1.19 bits per heavy atom. The predicted octanol–water partition coefficient (Wildman–Crippen LogP) is 2.68. The Morgan fingerprint density at radius 3 is 2.69 bits per heavy atom. The van der Waals surface area contributed by atoms with Crippen LogP contribution in [0.2, 0.25) is 0 Å². The number of benzene rings is 1. The van der Waals surface area contributed by atoms with Crippen molar-refractivity contribution in [3.63, 3.8) is 0 Å². The normalized spacial score (nSPS) is 10.3. The van der Waals surface area contributed by atoms with Gasteiger partial charge in [0.15, 0.2) is 0 Å². The maximum absolute atomic E-state index is 12.4. The predicted molar refractivity (Wildman–Crippen MR) is 101 cm³/mol. The summed E-state index contributed by atoms with van der Waals surface area (Å²) in [5.41, 5.74) is 3.09. The zero-order valence-corrected chi connectivity index (χ0v) is 15.3. The number of aryl methyl sites for hydroxylation is 1. The Kier molecular flexibility index (Phi) is 7.11. The van der Waals surface area contributed by atoms with Gasteiger partial charge in [0.1, 0.15) is 6.61 Å². The van der Waals surface area contributed by atoms with E-state index in [1.165, 1.54) is 7.11 Å². The second-order valence-corrected chi connectivity index (χ2v) is 5.93. The molecule has 1 heterocycles. The topological polar surface area (TPSA) is 83.6 Å². The Labute approximate surface area is 153 Å². The van der Waals surface area contributed by atoms with Crippen LogP contribution in [0.5, 0.6) is 0 Å². The Morgan fingerprint density at radius 2 is 2.00 bits per heavy atom. The van der Waals surface area contributed by atoms with E-state index in [1.807, 2.05) is 31.2 Å². The van der Waals surface area contributed by atoms with Crippen LogP contribution in [0.4, 0.5) is 16.2 Å². The first-order chi connectivity index (χ1) is 12.5. The third-order valence-corrected chi connectivity index (χ3v) is 3.81. The first-order valence-electron chi connectivity index (χ1n) is 8.31. The number of carbonyl (C=O) groups excluding carboxylic acids is 2. The summed E-state index contributed by atoms with van der Waals surface area (Å²) in [4.78, 5) is 29.9. The second-order valence-electron chi connectivity index (χ2n) is 5.93. The maximum Gasteiger partial charge on any atom is 0.321 e. The summed E-state index contributed by atoms with van der Waals surface area (Å²) >= 11 is 0. The molecule has 0 atom stereocenters. The third kappa shape index (κ3) is 5.86. The van der Waals surface area contributed by atoms with E-state index in [0.29, 0.717) is 24.3 Å². The number of methoxy groups -OCH3 is 1. The van der Waals surface area contributed by atoms with Crippen molar-refractivity contribution >= 4 is 23.3 Å². The Bertz CT molecular complexity index is 750. The summed E-state index contributed by atoms with van der Waals surface area (Å²) in [6, 6.07) is 10.9. The van der Waals surface area contributed by atoms with E-state index < -0.39 is 0 Å². The van der Waals surface area contributed by atoms with Crippen molar-refractivity contribution in [3.05, 3.63) is 53.9 Å². The average molecular weight is 356 g/mol. The van der Waals surface area contributed by atoms with Gasteiger partial charge in [-0.05, 0) is 36.8 Å². The van der Waals surface area contributed by atoms with Gasteiger partial charge in [-0.3, -0.25) is 9.78 Å². The molecule has 138 valence electrons. The van der Waals surface area contributed by atoms with Gasteiger partial charge in [0.05, 0.1) is 0 Å². The molecule has 2 aromatic rings. The van der Waals surface area contributed by atoms with Crippen LogP contribution in [-0.4, -0.2) is 49.1 Å². The van der Waals surface area contributed by atoms with Crippen LogP contribution in [-0.2, 0) is 16.0 Å². The van der Waals surface area contributed by atoms with Crippen LogP contribution in [0.25, 0.3) is 0 Å². The van der Waals surface area contributed by atoms with Gasteiger partial charge >= 0.3 is 6.03 Å². The van der Waals surface area contributed by atoms with Gasteiger partial charge in [-0.1, -0.05) is 12.1 Å². The van der Waals surface area contributed by atoms with Gasteiger partial charge in [-0.2, -0.15) is 0 Å². The van der Waals surface area contributed by atoms with E-state index in [4.69, 9.17) is 4.74 Å². The molecule has 0 aliphatic heterocycles. The van der Waals surface area contributed by atoms with Crippen LogP contribution in [0.1, 0.15) is 11.3 Å². The number of rotatable bonds is 7. The number of hydrogen-bond acceptors (Lipinski definition) is 4. The molecule has 0 radical (unpaired) electrons. The number of anilines is 2. The number of likely N-dealkylation sites (N-methyl/N-ethyl adjacent to an activating group) is 1. The smallest absolute Gasteiger partial charge is 0.321 e.